The van der Waals surface area contributed by atoms with Gasteiger partial charge in [0, 0.05) is 6.54 Å². The molecule has 0 unspecified atom stereocenters. The van der Waals surface area contributed by atoms with Crippen molar-refractivity contribution in [2.75, 3.05) is 0 Å². The highest BCUT2D eigenvalue weighted by Gasteiger charge is 2.17. The van der Waals surface area contributed by atoms with E-state index < -0.39 is 0 Å². The van der Waals surface area contributed by atoms with Crippen LogP contribution in [0.1, 0.15) is 49.1 Å². The van der Waals surface area contributed by atoms with E-state index >= 15 is 0 Å². The summed E-state index contributed by atoms with van der Waals surface area (Å²) in [5.41, 5.74) is 8.50. The number of nitrogens with two attached hydrogens (primary N) is 1. The summed E-state index contributed by atoms with van der Waals surface area (Å²) in [7, 11) is 0. The van der Waals surface area contributed by atoms with Crippen LogP contribution in [0.2, 0.25) is 0 Å². The molecule has 1 fully saturated rings. The molecule has 3 rings (SSSR count). The highest BCUT2D eigenvalue weighted by molar-refractivity contribution is 5.86. The van der Waals surface area contributed by atoms with Crippen LogP contribution in [0.3, 0.4) is 0 Å². The molecule has 0 radical (unpaired) electrons. The molecule has 0 heterocycles. The fourth-order valence-corrected chi connectivity index (χ4v) is 3.25. The first-order chi connectivity index (χ1) is 8.88. The van der Waals surface area contributed by atoms with Crippen molar-refractivity contribution in [3.63, 3.8) is 0 Å². The number of fused-ring (bicyclic) bond motifs is 1. The second kappa shape index (κ2) is 5.11. The molecular formula is C17H21N. The first kappa shape index (κ1) is 11.7. The van der Waals surface area contributed by atoms with Gasteiger partial charge >= 0.3 is 0 Å². The summed E-state index contributed by atoms with van der Waals surface area (Å²) in [5, 5.41) is 2.78. The molecule has 2 aromatic carbocycles. The van der Waals surface area contributed by atoms with Gasteiger partial charge in [0.2, 0.25) is 0 Å². The summed E-state index contributed by atoms with van der Waals surface area (Å²) in [6.07, 6.45) is 6.91. The summed E-state index contributed by atoms with van der Waals surface area (Å²) in [6.45, 7) is 0.629. The van der Waals surface area contributed by atoms with Gasteiger partial charge in [-0.15, -0.1) is 0 Å². The molecule has 1 aliphatic carbocycles. The quantitative estimate of drug-likeness (QED) is 0.828. The lowest BCUT2D eigenvalue weighted by Crippen LogP contribution is -2.05. The largest absolute Gasteiger partial charge is 0.326 e. The molecular weight excluding hydrogens is 218 g/mol. The number of hydrogen-bond donors (Lipinski definition) is 1. The molecule has 1 aliphatic rings. The predicted molar refractivity (Wildman–Crippen MR) is 77.7 cm³/mol. The summed E-state index contributed by atoms with van der Waals surface area (Å²) in [4.78, 5) is 0. The average Bonchev–Trinajstić information content (AvgIpc) is 2.47. The lowest BCUT2D eigenvalue weighted by atomic mass is 9.82. The van der Waals surface area contributed by atoms with Gasteiger partial charge in [0.1, 0.15) is 0 Å². The zero-order valence-corrected chi connectivity index (χ0v) is 10.9. The first-order valence-electron chi connectivity index (χ1n) is 7.10. The highest BCUT2D eigenvalue weighted by atomic mass is 14.5. The van der Waals surface area contributed by atoms with Crippen molar-refractivity contribution in [1.29, 1.82) is 0 Å². The van der Waals surface area contributed by atoms with E-state index in [-0.39, 0.29) is 0 Å². The van der Waals surface area contributed by atoms with Crippen LogP contribution >= 0.6 is 0 Å². The van der Waals surface area contributed by atoms with E-state index in [1.165, 1.54) is 48.4 Å². The molecule has 94 valence electrons. The number of benzene rings is 2. The lowest BCUT2D eigenvalue weighted by molar-refractivity contribution is 0.445. The van der Waals surface area contributed by atoms with Crippen LogP contribution in [0.5, 0.6) is 0 Å². The van der Waals surface area contributed by atoms with Crippen LogP contribution in [0, 0.1) is 0 Å². The molecule has 0 spiro atoms. The van der Waals surface area contributed by atoms with E-state index in [9.17, 15) is 0 Å². The van der Waals surface area contributed by atoms with Gasteiger partial charge in [-0.3, -0.25) is 0 Å². The molecule has 1 heteroatoms. The van der Waals surface area contributed by atoms with E-state index in [1.54, 1.807) is 5.56 Å². The Morgan fingerprint density at radius 3 is 2.61 bits per heavy atom. The third-order valence-corrected chi connectivity index (χ3v) is 4.26. The van der Waals surface area contributed by atoms with Crippen molar-refractivity contribution >= 4 is 10.8 Å². The maximum absolute atomic E-state index is 5.72. The van der Waals surface area contributed by atoms with Crippen molar-refractivity contribution < 1.29 is 0 Å². The lowest BCUT2D eigenvalue weighted by Gasteiger charge is -2.23. The Kier molecular flexibility index (Phi) is 3.33. The van der Waals surface area contributed by atoms with Gasteiger partial charge in [-0.05, 0) is 46.7 Å². The third kappa shape index (κ3) is 2.15. The van der Waals surface area contributed by atoms with Crippen molar-refractivity contribution in [1.82, 2.24) is 0 Å². The molecule has 1 nitrogen and oxygen atoms in total. The van der Waals surface area contributed by atoms with E-state index in [0.717, 1.165) is 5.92 Å². The van der Waals surface area contributed by atoms with Crippen LogP contribution < -0.4 is 5.73 Å². The average molecular weight is 239 g/mol. The summed E-state index contributed by atoms with van der Waals surface area (Å²) >= 11 is 0. The van der Waals surface area contributed by atoms with Crippen LogP contribution in [-0.4, -0.2) is 0 Å². The van der Waals surface area contributed by atoms with Crippen molar-refractivity contribution in [3.05, 3.63) is 47.5 Å². The fraction of sp³-hybridized carbons (Fsp3) is 0.412. The zero-order valence-electron chi connectivity index (χ0n) is 10.9. The maximum atomic E-state index is 5.72. The minimum atomic E-state index is 0.629. The normalized spacial score (nSPS) is 17.2. The van der Waals surface area contributed by atoms with Crippen molar-refractivity contribution in [3.8, 4) is 0 Å². The molecule has 2 N–H and O–H groups in total. The highest BCUT2D eigenvalue weighted by Crippen LogP contribution is 2.36. The van der Waals surface area contributed by atoms with Gasteiger partial charge in [-0.1, -0.05) is 49.6 Å². The van der Waals surface area contributed by atoms with E-state index in [0.29, 0.717) is 6.54 Å². The van der Waals surface area contributed by atoms with E-state index in [1.807, 2.05) is 0 Å². The molecule has 1 saturated carbocycles. The Labute approximate surface area is 109 Å². The Balaban J connectivity index is 2.05. The second-order valence-corrected chi connectivity index (χ2v) is 5.44. The Morgan fingerprint density at radius 1 is 1.00 bits per heavy atom. The summed E-state index contributed by atoms with van der Waals surface area (Å²) < 4.78 is 0. The molecule has 0 aromatic heterocycles. The van der Waals surface area contributed by atoms with Crippen molar-refractivity contribution in [2.45, 2.75) is 44.6 Å². The topological polar surface area (TPSA) is 26.0 Å². The van der Waals surface area contributed by atoms with Gasteiger partial charge in [0.05, 0.1) is 0 Å². The molecule has 0 amide bonds. The Bertz CT molecular complexity index is 538. The standard InChI is InChI=1S/C17H21N/c18-12-13-9-10-17-15(11-13)7-4-8-16(17)14-5-2-1-3-6-14/h4,7-11,14H,1-3,5-6,12,18H2. The summed E-state index contributed by atoms with van der Waals surface area (Å²) in [6, 6.07) is 13.4. The smallest absolute Gasteiger partial charge is 0.0178 e. The monoisotopic (exact) mass is 239 g/mol. The van der Waals surface area contributed by atoms with Crippen LogP contribution in [0.15, 0.2) is 36.4 Å². The molecule has 0 bridgehead atoms. The molecule has 18 heavy (non-hydrogen) atoms. The van der Waals surface area contributed by atoms with E-state index in [2.05, 4.69) is 36.4 Å². The molecule has 0 atom stereocenters. The minimum absolute atomic E-state index is 0.629. The van der Waals surface area contributed by atoms with Gasteiger partial charge in [-0.2, -0.15) is 0 Å². The first-order valence-corrected chi connectivity index (χ1v) is 7.10. The Morgan fingerprint density at radius 2 is 1.83 bits per heavy atom. The zero-order chi connectivity index (χ0) is 12.4. The van der Waals surface area contributed by atoms with Gasteiger partial charge in [-0.25, -0.2) is 0 Å². The predicted octanol–water partition coefficient (Wildman–Crippen LogP) is 4.35. The molecule has 2 aromatic rings. The van der Waals surface area contributed by atoms with Gasteiger partial charge in [0.25, 0.3) is 0 Å². The fourth-order valence-electron chi connectivity index (χ4n) is 3.25. The van der Waals surface area contributed by atoms with Gasteiger partial charge in [0.15, 0.2) is 0 Å². The maximum Gasteiger partial charge on any atom is 0.0178 e. The number of hydrogen-bond acceptors (Lipinski definition) is 1. The third-order valence-electron chi connectivity index (χ3n) is 4.26. The van der Waals surface area contributed by atoms with Crippen LogP contribution in [0.25, 0.3) is 10.8 Å². The van der Waals surface area contributed by atoms with Crippen LogP contribution in [0.4, 0.5) is 0 Å². The Hall–Kier alpha value is -1.34. The SMILES string of the molecule is NCc1ccc2c(C3CCCCC3)cccc2c1. The molecule has 0 saturated heterocycles. The second-order valence-electron chi connectivity index (χ2n) is 5.44. The minimum Gasteiger partial charge on any atom is -0.326 e. The number of rotatable bonds is 2. The van der Waals surface area contributed by atoms with Crippen molar-refractivity contribution in [2.24, 2.45) is 5.73 Å². The van der Waals surface area contributed by atoms with Crippen LogP contribution in [-0.2, 0) is 6.54 Å². The van der Waals surface area contributed by atoms with E-state index in [4.69, 9.17) is 5.73 Å². The molecule has 0 aliphatic heterocycles. The van der Waals surface area contributed by atoms with Gasteiger partial charge < -0.3 is 5.73 Å². The summed E-state index contributed by atoms with van der Waals surface area (Å²) in [5.74, 6) is 0.770.